The molecule has 1 aromatic heterocycles. The predicted molar refractivity (Wildman–Crippen MR) is 67.7 cm³/mol. The van der Waals surface area contributed by atoms with E-state index in [-0.39, 0.29) is 18.5 Å². The lowest BCUT2D eigenvalue weighted by molar-refractivity contribution is -0.0242. The number of carbonyl (C=O) groups is 1. The van der Waals surface area contributed by atoms with E-state index in [9.17, 15) is 4.79 Å². The maximum atomic E-state index is 11.8. The second-order valence-corrected chi connectivity index (χ2v) is 5.31. The van der Waals surface area contributed by atoms with Crippen molar-refractivity contribution in [1.29, 1.82) is 0 Å². The van der Waals surface area contributed by atoms with Gasteiger partial charge in [-0.1, -0.05) is 6.07 Å². The first-order chi connectivity index (χ1) is 8.29. The van der Waals surface area contributed by atoms with Gasteiger partial charge in [-0.05, 0) is 37.1 Å². The molecule has 0 spiro atoms. The molecular formula is C13H18O3S. The van der Waals surface area contributed by atoms with Crippen LogP contribution in [0.15, 0.2) is 17.5 Å². The molecule has 1 heterocycles. The molecule has 2 unspecified atom stereocenters. The van der Waals surface area contributed by atoms with Gasteiger partial charge in [0, 0.05) is 7.11 Å². The maximum absolute atomic E-state index is 11.8. The second kappa shape index (κ2) is 6.28. The van der Waals surface area contributed by atoms with Crippen molar-refractivity contribution >= 4 is 17.1 Å². The van der Waals surface area contributed by atoms with E-state index in [4.69, 9.17) is 9.47 Å². The van der Waals surface area contributed by atoms with E-state index in [2.05, 4.69) is 0 Å². The zero-order valence-corrected chi connectivity index (χ0v) is 10.9. The third-order valence-electron chi connectivity index (χ3n) is 3.16. The zero-order valence-electron chi connectivity index (χ0n) is 10.1. The number of thiophene rings is 1. The molecule has 0 saturated heterocycles. The van der Waals surface area contributed by atoms with Crippen LogP contribution in [-0.2, 0) is 9.47 Å². The van der Waals surface area contributed by atoms with E-state index < -0.39 is 0 Å². The molecule has 0 aromatic carbocycles. The second-order valence-electron chi connectivity index (χ2n) is 4.36. The molecule has 0 N–H and O–H groups in total. The first-order valence-electron chi connectivity index (χ1n) is 6.00. The third kappa shape index (κ3) is 3.63. The van der Waals surface area contributed by atoms with Crippen LogP contribution in [0, 0.1) is 0 Å². The van der Waals surface area contributed by atoms with Crippen molar-refractivity contribution in [2.24, 2.45) is 0 Å². The Hall–Kier alpha value is -0.710. The minimum atomic E-state index is 0.0829. The van der Waals surface area contributed by atoms with Crippen molar-refractivity contribution in [3.05, 3.63) is 22.4 Å². The summed E-state index contributed by atoms with van der Waals surface area (Å²) in [5, 5.41) is 1.91. The number of ketones is 1. The van der Waals surface area contributed by atoms with E-state index in [1.165, 1.54) is 11.3 Å². The van der Waals surface area contributed by atoms with Crippen LogP contribution in [0.4, 0.5) is 0 Å². The van der Waals surface area contributed by atoms with Crippen LogP contribution in [-0.4, -0.2) is 31.7 Å². The average molecular weight is 254 g/mol. The molecule has 2 atom stereocenters. The molecule has 1 aliphatic rings. The van der Waals surface area contributed by atoms with Gasteiger partial charge in [-0.15, -0.1) is 11.3 Å². The van der Waals surface area contributed by atoms with Crippen LogP contribution in [0.3, 0.4) is 0 Å². The van der Waals surface area contributed by atoms with Crippen LogP contribution in [0.2, 0.25) is 0 Å². The molecule has 94 valence electrons. The summed E-state index contributed by atoms with van der Waals surface area (Å²) in [4.78, 5) is 12.5. The van der Waals surface area contributed by atoms with Gasteiger partial charge in [-0.3, -0.25) is 4.79 Å². The first kappa shape index (κ1) is 12.7. The Morgan fingerprint density at radius 2 is 2.29 bits per heavy atom. The molecule has 0 bridgehead atoms. The highest BCUT2D eigenvalue weighted by Crippen LogP contribution is 2.23. The summed E-state index contributed by atoms with van der Waals surface area (Å²) in [6, 6.07) is 3.73. The van der Waals surface area contributed by atoms with Crippen LogP contribution in [0.25, 0.3) is 0 Å². The molecule has 0 radical (unpaired) electrons. The van der Waals surface area contributed by atoms with E-state index in [0.717, 1.165) is 30.6 Å². The number of rotatable bonds is 5. The lowest BCUT2D eigenvalue weighted by Gasteiger charge is -2.27. The maximum Gasteiger partial charge on any atom is 0.198 e. The number of methoxy groups -OCH3 is 1. The largest absolute Gasteiger partial charge is 0.381 e. The molecule has 17 heavy (non-hydrogen) atoms. The number of carbonyl (C=O) groups excluding carboxylic acids is 1. The number of Topliss-reactive ketones (excluding diaryl/α,β-unsaturated/α-hetero) is 1. The zero-order chi connectivity index (χ0) is 12.1. The van der Waals surface area contributed by atoms with Gasteiger partial charge >= 0.3 is 0 Å². The average Bonchev–Trinajstić information content (AvgIpc) is 2.90. The molecule has 1 aliphatic carbocycles. The lowest BCUT2D eigenvalue weighted by atomic mass is 9.95. The van der Waals surface area contributed by atoms with Gasteiger partial charge in [0.15, 0.2) is 5.78 Å². The van der Waals surface area contributed by atoms with E-state index >= 15 is 0 Å². The Bertz CT molecular complexity index is 348. The number of ether oxygens (including phenoxy) is 2. The topological polar surface area (TPSA) is 35.5 Å². The summed E-state index contributed by atoms with van der Waals surface area (Å²) >= 11 is 1.47. The molecule has 4 heteroatoms. The van der Waals surface area contributed by atoms with Gasteiger partial charge in [0.2, 0.25) is 0 Å². The smallest absolute Gasteiger partial charge is 0.198 e. The Morgan fingerprint density at radius 1 is 1.47 bits per heavy atom. The fourth-order valence-electron chi connectivity index (χ4n) is 2.17. The Kier molecular flexibility index (Phi) is 4.71. The highest BCUT2D eigenvalue weighted by molar-refractivity contribution is 7.12. The van der Waals surface area contributed by atoms with Gasteiger partial charge in [0.25, 0.3) is 0 Å². The van der Waals surface area contributed by atoms with Crippen molar-refractivity contribution in [2.75, 3.05) is 13.7 Å². The quantitative estimate of drug-likeness (QED) is 0.758. The molecule has 1 fully saturated rings. The van der Waals surface area contributed by atoms with Gasteiger partial charge < -0.3 is 9.47 Å². The van der Waals surface area contributed by atoms with E-state index in [0.29, 0.717) is 6.10 Å². The van der Waals surface area contributed by atoms with Crippen molar-refractivity contribution in [1.82, 2.24) is 0 Å². The van der Waals surface area contributed by atoms with Crippen LogP contribution < -0.4 is 0 Å². The molecule has 2 rings (SSSR count). The number of hydrogen-bond acceptors (Lipinski definition) is 4. The summed E-state index contributed by atoms with van der Waals surface area (Å²) in [7, 11) is 1.74. The molecule has 1 aromatic rings. The van der Waals surface area contributed by atoms with Crippen molar-refractivity contribution in [2.45, 2.75) is 37.9 Å². The normalized spacial score (nSPS) is 24.8. The third-order valence-corrected chi connectivity index (χ3v) is 4.07. The van der Waals surface area contributed by atoms with E-state index in [1.54, 1.807) is 7.11 Å². The molecule has 0 aliphatic heterocycles. The number of hydrogen-bond donors (Lipinski definition) is 0. The predicted octanol–water partition coefficient (Wildman–Crippen LogP) is 2.91. The van der Waals surface area contributed by atoms with Crippen molar-refractivity contribution in [3.8, 4) is 0 Å². The molecule has 1 saturated carbocycles. The Morgan fingerprint density at radius 3 is 3.00 bits per heavy atom. The Balaban J connectivity index is 1.76. The minimum Gasteiger partial charge on any atom is -0.381 e. The van der Waals surface area contributed by atoms with E-state index in [1.807, 2.05) is 17.5 Å². The fraction of sp³-hybridized carbons (Fsp3) is 0.615. The standard InChI is InChI=1S/C13H18O3S/c1-15-10-4-2-5-11(8-10)16-9-12(14)13-6-3-7-17-13/h3,6-7,10-11H,2,4-5,8-9H2,1H3. The molecular weight excluding hydrogens is 236 g/mol. The van der Waals surface area contributed by atoms with Gasteiger partial charge in [0.1, 0.15) is 6.61 Å². The molecule has 0 amide bonds. The van der Waals surface area contributed by atoms with Gasteiger partial charge in [-0.2, -0.15) is 0 Å². The first-order valence-corrected chi connectivity index (χ1v) is 6.88. The monoisotopic (exact) mass is 254 g/mol. The minimum absolute atomic E-state index is 0.0829. The van der Waals surface area contributed by atoms with Gasteiger partial charge in [0.05, 0.1) is 17.1 Å². The Labute approximate surface area is 106 Å². The molecule has 3 nitrogen and oxygen atoms in total. The highest BCUT2D eigenvalue weighted by Gasteiger charge is 2.23. The van der Waals surface area contributed by atoms with Gasteiger partial charge in [-0.25, -0.2) is 0 Å². The summed E-state index contributed by atoms with van der Waals surface area (Å²) in [5.41, 5.74) is 0. The van der Waals surface area contributed by atoms with Crippen molar-refractivity contribution < 1.29 is 14.3 Å². The highest BCUT2D eigenvalue weighted by atomic mass is 32.1. The van der Waals surface area contributed by atoms with Crippen LogP contribution >= 0.6 is 11.3 Å². The fourth-order valence-corrected chi connectivity index (χ4v) is 2.82. The van der Waals surface area contributed by atoms with Crippen molar-refractivity contribution in [3.63, 3.8) is 0 Å². The van der Waals surface area contributed by atoms with Crippen LogP contribution in [0.1, 0.15) is 35.4 Å². The summed E-state index contributed by atoms with van der Waals surface area (Å²) in [6.07, 6.45) is 4.65. The summed E-state index contributed by atoms with van der Waals surface area (Å²) in [6.45, 7) is 0.196. The van der Waals surface area contributed by atoms with Crippen LogP contribution in [0.5, 0.6) is 0 Å². The lowest BCUT2D eigenvalue weighted by Crippen LogP contribution is -2.29. The summed E-state index contributed by atoms with van der Waals surface area (Å²) < 4.78 is 11.0. The summed E-state index contributed by atoms with van der Waals surface area (Å²) in [5.74, 6) is 0.0829. The SMILES string of the molecule is COC1CCCC(OCC(=O)c2cccs2)C1.